The predicted octanol–water partition coefficient (Wildman–Crippen LogP) is 2.67. The molecule has 3 atom stereocenters. The van der Waals surface area contributed by atoms with E-state index in [9.17, 15) is 18.8 Å². The molecule has 0 spiro atoms. The van der Waals surface area contributed by atoms with Gasteiger partial charge in [0.25, 0.3) is 5.56 Å². The molecule has 8 nitrogen and oxygen atoms in total. The maximum atomic E-state index is 13.7. The molecule has 0 radical (unpaired) electrons. The lowest BCUT2D eigenvalue weighted by molar-refractivity contribution is -0.151. The summed E-state index contributed by atoms with van der Waals surface area (Å²) in [5.74, 6) is -1.41. The summed E-state index contributed by atoms with van der Waals surface area (Å²) in [6.45, 7) is 2.31. The van der Waals surface area contributed by atoms with E-state index < -0.39 is 35.5 Å². The minimum atomic E-state index is -1.09. The summed E-state index contributed by atoms with van der Waals surface area (Å²) in [6.07, 6.45) is 2.09. The van der Waals surface area contributed by atoms with Crippen molar-refractivity contribution < 1.29 is 23.4 Å². The monoisotopic (exact) mass is 434 g/mol. The van der Waals surface area contributed by atoms with Crippen LogP contribution in [0.25, 0.3) is 0 Å². The van der Waals surface area contributed by atoms with Gasteiger partial charge in [0.1, 0.15) is 18.9 Å². The lowest BCUT2D eigenvalue weighted by Gasteiger charge is -2.19. The first-order valence-corrected chi connectivity index (χ1v) is 10.5. The first-order valence-electron chi connectivity index (χ1n) is 10.5. The number of esters is 1. The topological polar surface area (TPSA) is 99.6 Å². The van der Waals surface area contributed by atoms with Crippen LogP contribution in [-0.2, 0) is 25.6 Å². The molecule has 1 fully saturated rings. The molecule has 1 aliphatic heterocycles. The number of benzene rings is 1. The van der Waals surface area contributed by atoms with Gasteiger partial charge in [-0.3, -0.25) is 19.1 Å². The second-order valence-corrected chi connectivity index (χ2v) is 7.48. The van der Waals surface area contributed by atoms with E-state index in [1.165, 1.54) is 0 Å². The fourth-order valence-electron chi connectivity index (χ4n) is 3.42. The van der Waals surface area contributed by atoms with E-state index in [0.29, 0.717) is 13.0 Å². The summed E-state index contributed by atoms with van der Waals surface area (Å²) >= 11 is 0. The van der Waals surface area contributed by atoms with Gasteiger partial charge >= 0.3 is 11.7 Å². The van der Waals surface area contributed by atoms with Gasteiger partial charge in [0.05, 0.1) is 18.9 Å². The first-order chi connectivity index (χ1) is 15.0. The van der Waals surface area contributed by atoms with Crippen molar-refractivity contribution in [3.63, 3.8) is 0 Å². The zero-order valence-corrected chi connectivity index (χ0v) is 17.4. The molecule has 2 heterocycles. The molecular weight excluding hydrogens is 407 g/mol. The molecule has 168 valence electrons. The smallest absolute Gasteiger partial charge is 0.330 e. The van der Waals surface area contributed by atoms with Gasteiger partial charge in [0.15, 0.2) is 0 Å². The molecule has 3 rings (SSSR count). The molecule has 1 saturated heterocycles. The Kier molecular flexibility index (Phi) is 8.13. The molecule has 1 aliphatic rings. The molecule has 1 unspecified atom stereocenters. The van der Waals surface area contributed by atoms with Crippen molar-refractivity contribution in [2.45, 2.75) is 64.1 Å². The van der Waals surface area contributed by atoms with Crippen molar-refractivity contribution in [3.8, 4) is 0 Å². The van der Waals surface area contributed by atoms with Gasteiger partial charge < -0.3 is 14.2 Å². The average Bonchev–Trinajstić information content (AvgIpc) is 3.17. The van der Waals surface area contributed by atoms with Crippen molar-refractivity contribution in [1.29, 1.82) is 0 Å². The highest BCUT2D eigenvalue weighted by Crippen LogP contribution is 2.31. The van der Waals surface area contributed by atoms with E-state index in [1.54, 1.807) is 0 Å². The number of unbranched alkanes of at least 4 members (excludes halogenated alkanes) is 2. The third-order valence-corrected chi connectivity index (χ3v) is 5.12. The fourth-order valence-corrected chi connectivity index (χ4v) is 3.42. The summed E-state index contributed by atoms with van der Waals surface area (Å²) in [7, 11) is 0. The molecule has 0 bridgehead atoms. The van der Waals surface area contributed by atoms with Crippen LogP contribution in [0.15, 0.2) is 46.1 Å². The summed E-state index contributed by atoms with van der Waals surface area (Å²) in [5, 5.41) is 0. The third-order valence-electron chi connectivity index (χ3n) is 5.12. The SMILES string of the molecule is CCCCCC(=O)OC[C@@H]1O[C@H](n2cc(F)c(=O)[nH]c2=O)CC1OCc1ccccc1. The maximum Gasteiger partial charge on any atom is 0.330 e. The number of nitrogens with one attached hydrogen (secondary N) is 1. The van der Waals surface area contributed by atoms with Crippen LogP contribution >= 0.6 is 0 Å². The molecular formula is C22H27FN2O6. The Bertz CT molecular complexity index is 974. The molecule has 9 heteroatoms. The zero-order chi connectivity index (χ0) is 22.2. The van der Waals surface area contributed by atoms with Crippen LogP contribution < -0.4 is 11.2 Å². The zero-order valence-electron chi connectivity index (χ0n) is 17.4. The quantitative estimate of drug-likeness (QED) is 0.456. The Hall–Kier alpha value is -2.78. The Morgan fingerprint density at radius 1 is 1.26 bits per heavy atom. The number of aromatic nitrogens is 2. The number of hydrogen-bond acceptors (Lipinski definition) is 6. The number of hydrogen-bond donors (Lipinski definition) is 1. The standard InChI is InChI=1S/C22H27FN2O6/c1-2-3-5-10-20(26)30-14-18-17(29-13-15-8-6-4-7-9-15)11-19(31-18)25-12-16(23)21(27)24-22(25)28/h4,6-9,12,17-19H,2-3,5,10-11,13-14H2,1H3,(H,24,27,28)/t17?,18-,19-/m0/s1. The molecule has 31 heavy (non-hydrogen) atoms. The van der Waals surface area contributed by atoms with Crippen LogP contribution in [0.2, 0.25) is 0 Å². The van der Waals surface area contributed by atoms with Crippen molar-refractivity contribution >= 4 is 5.97 Å². The first kappa shape index (κ1) is 22.9. The highest BCUT2D eigenvalue weighted by Gasteiger charge is 2.38. The molecule has 1 aromatic carbocycles. The second-order valence-electron chi connectivity index (χ2n) is 7.48. The molecule has 0 amide bonds. The van der Waals surface area contributed by atoms with Crippen LogP contribution in [0.5, 0.6) is 0 Å². The highest BCUT2D eigenvalue weighted by molar-refractivity contribution is 5.69. The Balaban J connectivity index is 1.68. The van der Waals surface area contributed by atoms with E-state index in [0.717, 1.165) is 35.6 Å². The minimum Gasteiger partial charge on any atom is -0.463 e. The summed E-state index contributed by atoms with van der Waals surface area (Å²) in [6, 6.07) is 9.52. The number of halogens is 1. The van der Waals surface area contributed by atoms with E-state index in [1.807, 2.05) is 42.2 Å². The van der Waals surface area contributed by atoms with Crippen molar-refractivity contribution in [3.05, 3.63) is 68.7 Å². The number of carbonyl (C=O) groups is 1. The number of H-pyrrole nitrogens is 1. The number of nitrogens with zero attached hydrogens (tertiary/aromatic N) is 1. The molecule has 0 aliphatic carbocycles. The molecule has 1 N–H and O–H groups in total. The number of rotatable bonds is 10. The number of aromatic amines is 1. The molecule has 0 saturated carbocycles. The van der Waals surface area contributed by atoms with E-state index >= 15 is 0 Å². The van der Waals surface area contributed by atoms with Crippen molar-refractivity contribution in [2.24, 2.45) is 0 Å². The van der Waals surface area contributed by atoms with Gasteiger partial charge in [0, 0.05) is 12.8 Å². The lowest BCUT2D eigenvalue weighted by Crippen LogP contribution is -2.34. The summed E-state index contributed by atoms with van der Waals surface area (Å²) in [4.78, 5) is 37.3. The van der Waals surface area contributed by atoms with Gasteiger partial charge in [-0.25, -0.2) is 4.79 Å². The van der Waals surface area contributed by atoms with Gasteiger partial charge in [-0.1, -0.05) is 50.1 Å². The molecule has 2 aromatic rings. The lowest BCUT2D eigenvalue weighted by atomic mass is 10.1. The van der Waals surface area contributed by atoms with E-state index in [2.05, 4.69) is 0 Å². The summed E-state index contributed by atoms with van der Waals surface area (Å²) in [5.41, 5.74) is -0.919. The van der Waals surface area contributed by atoms with Gasteiger partial charge in [-0.05, 0) is 12.0 Å². The Morgan fingerprint density at radius 3 is 2.77 bits per heavy atom. The average molecular weight is 434 g/mol. The minimum absolute atomic E-state index is 0.0402. The maximum absolute atomic E-state index is 13.7. The van der Waals surface area contributed by atoms with Gasteiger partial charge in [0.2, 0.25) is 5.82 Å². The normalized spacial score (nSPS) is 20.6. The number of ether oxygens (including phenoxy) is 3. The fraction of sp³-hybridized carbons (Fsp3) is 0.500. The Labute approximate surface area is 179 Å². The van der Waals surface area contributed by atoms with Crippen molar-refractivity contribution in [2.75, 3.05) is 6.61 Å². The van der Waals surface area contributed by atoms with Crippen molar-refractivity contribution in [1.82, 2.24) is 9.55 Å². The van der Waals surface area contributed by atoms with Gasteiger partial charge in [-0.15, -0.1) is 0 Å². The van der Waals surface area contributed by atoms with Gasteiger partial charge in [-0.2, -0.15) is 4.39 Å². The second kappa shape index (κ2) is 11.0. The van der Waals surface area contributed by atoms with Crippen LogP contribution in [-0.4, -0.2) is 34.3 Å². The summed E-state index contributed by atoms with van der Waals surface area (Å²) < 4.78 is 31.9. The van der Waals surface area contributed by atoms with Crippen LogP contribution in [0.1, 0.15) is 50.8 Å². The predicted molar refractivity (Wildman–Crippen MR) is 110 cm³/mol. The Morgan fingerprint density at radius 2 is 2.03 bits per heavy atom. The van der Waals surface area contributed by atoms with Crippen LogP contribution in [0.3, 0.4) is 0 Å². The number of carbonyl (C=O) groups excluding carboxylic acids is 1. The third kappa shape index (κ3) is 6.35. The largest absolute Gasteiger partial charge is 0.463 e. The van der Waals surface area contributed by atoms with E-state index in [4.69, 9.17) is 14.2 Å². The van der Waals surface area contributed by atoms with E-state index in [-0.39, 0.29) is 19.0 Å². The molecule has 1 aromatic heterocycles. The highest BCUT2D eigenvalue weighted by atomic mass is 19.1. The van der Waals surface area contributed by atoms with Crippen LogP contribution in [0.4, 0.5) is 4.39 Å². The van der Waals surface area contributed by atoms with Crippen LogP contribution in [0, 0.1) is 5.82 Å².